The third-order valence-electron chi connectivity index (χ3n) is 5.42. The number of unbranched alkanes of at least 4 members (excludes halogenated alkanes) is 1. The minimum absolute atomic E-state index is 0.0993. The van der Waals surface area contributed by atoms with Crippen LogP contribution in [0.1, 0.15) is 52.4 Å². The van der Waals surface area contributed by atoms with Gasteiger partial charge in [-0.1, -0.05) is 6.42 Å². The standard InChI is InChI=1S/C16H23N3O5S/c1-15-9-25-10(16(15,2)18-14(23)17-15)5-3-4-6-13(22)24-19-11(20)7-8-12(19)21/h10H,3-9H2,1-2H3,(H2,17,18,23)/t10?,15-,16+/m0/s1. The molecule has 0 aromatic rings. The van der Waals surface area contributed by atoms with Crippen molar-refractivity contribution in [1.29, 1.82) is 0 Å². The van der Waals surface area contributed by atoms with Crippen molar-refractivity contribution in [3.05, 3.63) is 0 Å². The van der Waals surface area contributed by atoms with Gasteiger partial charge in [-0.2, -0.15) is 11.8 Å². The SMILES string of the molecule is C[C@]12CSC(CCCCC(=O)ON3C(=O)CCC3=O)[C@@]1(C)NC(=O)N2. The first-order chi connectivity index (χ1) is 11.7. The lowest BCUT2D eigenvalue weighted by atomic mass is 9.79. The molecule has 0 aromatic heterocycles. The molecule has 3 fully saturated rings. The Balaban J connectivity index is 1.42. The number of carbonyl (C=O) groups is 4. The Bertz CT molecular complexity index is 611. The Labute approximate surface area is 150 Å². The van der Waals surface area contributed by atoms with Gasteiger partial charge < -0.3 is 15.5 Å². The molecule has 0 spiro atoms. The molecule has 3 saturated heterocycles. The normalized spacial score (nSPS) is 34.1. The van der Waals surface area contributed by atoms with Gasteiger partial charge in [0.2, 0.25) is 0 Å². The minimum Gasteiger partial charge on any atom is -0.330 e. The summed E-state index contributed by atoms with van der Waals surface area (Å²) in [5.41, 5.74) is -0.557. The van der Waals surface area contributed by atoms with Gasteiger partial charge in [0.1, 0.15) is 0 Å². The molecule has 0 aromatic carbocycles. The lowest BCUT2D eigenvalue weighted by molar-refractivity contribution is -0.197. The number of amides is 4. The van der Waals surface area contributed by atoms with Crippen LogP contribution in [0.2, 0.25) is 0 Å². The fraction of sp³-hybridized carbons (Fsp3) is 0.750. The van der Waals surface area contributed by atoms with Crippen molar-refractivity contribution in [3.63, 3.8) is 0 Å². The van der Waals surface area contributed by atoms with Crippen molar-refractivity contribution in [1.82, 2.24) is 15.7 Å². The zero-order chi connectivity index (χ0) is 18.2. The lowest BCUT2D eigenvalue weighted by Gasteiger charge is -2.35. The van der Waals surface area contributed by atoms with E-state index in [1.54, 1.807) is 0 Å². The van der Waals surface area contributed by atoms with Gasteiger partial charge in [-0.3, -0.25) is 9.59 Å². The lowest BCUT2D eigenvalue weighted by Crippen LogP contribution is -2.58. The molecule has 8 nitrogen and oxygen atoms in total. The van der Waals surface area contributed by atoms with Crippen LogP contribution in [0.3, 0.4) is 0 Å². The second-order valence-corrected chi connectivity index (χ2v) is 8.40. The third-order valence-corrected chi connectivity index (χ3v) is 7.28. The Kier molecular flexibility index (Phi) is 4.70. The molecule has 9 heteroatoms. The Morgan fingerprint density at radius 1 is 1.20 bits per heavy atom. The van der Waals surface area contributed by atoms with Crippen LogP contribution in [0.15, 0.2) is 0 Å². The van der Waals surface area contributed by atoms with Crippen LogP contribution in [0.25, 0.3) is 0 Å². The molecule has 138 valence electrons. The first-order valence-corrected chi connectivity index (χ1v) is 9.58. The van der Waals surface area contributed by atoms with Crippen LogP contribution < -0.4 is 10.6 Å². The predicted octanol–water partition coefficient (Wildman–Crippen LogP) is 1.10. The summed E-state index contributed by atoms with van der Waals surface area (Å²) < 4.78 is 0. The molecule has 0 bridgehead atoms. The van der Waals surface area contributed by atoms with Crippen molar-refractivity contribution in [3.8, 4) is 0 Å². The fourth-order valence-corrected chi connectivity index (χ4v) is 5.51. The van der Waals surface area contributed by atoms with E-state index in [-0.39, 0.29) is 41.6 Å². The van der Waals surface area contributed by atoms with Gasteiger partial charge in [-0.05, 0) is 26.7 Å². The smallest absolute Gasteiger partial charge is 0.330 e. The topological polar surface area (TPSA) is 105 Å². The number of nitrogens with zero attached hydrogens (tertiary/aromatic N) is 1. The zero-order valence-corrected chi connectivity index (χ0v) is 15.2. The van der Waals surface area contributed by atoms with Crippen LogP contribution in [0.5, 0.6) is 0 Å². The van der Waals surface area contributed by atoms with Crippen LogP contribution in [0.4, 0.5) is 4.79 Å². The molecule has 2 N–H and O–H groups in total. The highest BCUT2D eigenvalue weighted by Gasteiger charge is 2.60. The van der Waals surface area contributed by atoms with E-state index in [2.05, 4.69) is 24.5 Å². The Hall–Kier alpha value is -1.77. The first kappa shape index (κ1) is 18.0. The highest BCUT2D eigenvalue weighted by Crippen LogP contribution is 2.47. The van der Waals surface area contributed by atoms with E-state index in [0.717, 1.165) is 18.6 Å². The van der Waals surface area contributed by atoms with E-state index >= 15 is 0 Å². The number of urea groups is 1. The molecule has 0 saturated carbocycles. The van der Waals surface area contributed by atoms with Gasteiger partial charge >= 0.3 is 12.0 Å². The molecule has 3 atom stereocenters. The van der Waals surface area contributed by atoms with Gasteiger partial charge in [0.15, 0.2) is 0 Å². The number of thioether (sulfide) groups is 1. The minimum atomic E-state index is -0.561. The molecule has 3 aliphatic heterocycles. The van der Waals surface area contributed by atoms with Crippen LogP contribution in [-0.4, -0.2) is 51.0 Å². The van der Waals surface area contributed by atoms with Gasteiger partial charge in [-0.25, -0.2) is 9.59 Å². The molecule has 1 unspecified atom stereocenters. The summed E-state index contributed by atoms with van der Waals surface area (Å²) in [6.45, 7) is 4.12. The van der Waals surface area contributed by atoms with E-state index in [0.29, 0.717) is 11.5 Å². The average molecular weight is 369 g/mol. The summed E-state index contributed by atoms with van der Waals surface area (Å²) in [4.78, 5) is 51.1. The molecule has 25 heavy (non-hydrogen) atoms. The number of hydroxylamine groups is 2. The quantitative estimate of drug-likeness (QED) is 0.413. The molecule has 3 aliphatic rings. The summed E-state index contributed by atoms with van der Waals surface area (Å²) in [5, 5.41) is 6.91. The molecule has 0 aliphatic carbocycles. The van der Waals surface area contributed by atoms with Crippen molar-refractivity contribution >= 4 is 35.6 Å². The number of imide groups is 1. The number of hydrogen-bond acceptors (Lipinski definition) is 6. The summed E-state index contributed by atoms with van der Waals surface area (Å²) in [6.07, 6.45) is 2.64. The monoisotopic (exact) mass is 369 g/mol. The van der Waals surface area contributed by atoms with Gasteiger partial charge in [0.05, 0.1) is 11.1 Å². The maximum absolute atomic E-state index is 11.8. The number of carbonyl (C=O) groups excluding carboxylic acids is 4. The van der Waals surface area contributed by atoms with Gasteiger partial charge in [0, 0.05) is 30.3 Å². The zero-order valence-electron chi connectivity index (χ0n) is 14.4. The number of hydrogen-bond donors (Lipinski definition) is 2. The predicted molar refractivity (Wildman–Crippen MR) is 90.4 cm³/mol. The summed E-state index contributed by atoms with van der Waals surface area (Å²) >= 11 is 1.83. The van der Waals surface area contributed by atoms with Crippen molar-refractivity contribution in [2.24, 2.45) is 0 Å². The molecular formula is C16H23N3O5S. The van der Waals surface area contributed by atoms with E-state index in [9.17, 15) is 19.2 Å². The van der Waals surface area contributed by atoms with Gasteiger partial charge in [0.25, 0.3) is 11.8 Å². The van der Waals surface area contributed by atoms with Crippen molar-refractivity contribution in [2.75, 3.05) is 5.75 Å². The van der Waals surface area contributed by atoms with Crippen LogP contribution in [0, 0.1) is 0 Å². The number of fused-ring (bicyclic) bond motifs is 1. The second kappa shape index (κ2) is 6.51. The molecule has 3 heterocycles. The highest BCUT2D eigenvalue weighted by molar-refractivity contribution is 8.00. The Morgan fingerprint density at radius 2 is 1.88 bits per heavy atom. The first-order valence-electron chi connectivity index (χ1n) is 8.54. The molecule has 0 radical (unpaired) electrons. The van der Waals surface area contributed by atoms with Gasteiger partial charge in [-0.15, -0.1) is 5.06 Å². The Morgan fingerprint density at radius 3 is 2.56 bits per heavy atom. The molecule has 3 rings (SSSR count). The van der Waals surface area contributed by atoms with Crippen molar-refractivity contribution in [2.45, 2.75) is 68.7 Å². The second-order valence-electron chi connectivity index (χ2n) is 7.20. The van der Waals surface area contributed by atoms with E-state index in [4.69, 9.17) is 4.84 Å². The van der Waals surface area contributed by atoms with E-state index in [1.165, 1.54) is 0 Å². The largest absolute Gasteiger partial charge is 0.333 e. The maximum atomic E-state index is 11.8. The third kappa shape index (κ3) is 3.21. The molecule has 4 amide bonds. The van der Waals surface area contributed by atoms with Crippen LogP contribution in [-0.2, 0) is 19.2 Å². The number of nitrogens with one attached hydrogen (secondary N) is 2. The summed E-state index contributed by atoms with van der Waals surface area (Å²) in [6, 6.07) is -0.126. The molecular weight excluding hydrogens is 346 g/mol. The summed E-state index contributed by atoms with van der Waals surface area (Å²) in [7, 11) is 0. The van der Waals surface area contributed by atoms with Crippen molar-refractivity contribution < 1.29 is 24.0 Å². The fourth-order valence-electron chi connectivity index (χ4n) is 3.62. The van der Waals surface area contributed by atoms with Crippen LogP contribution >= 0.6 is 11.8 Å². The van der Waals surface area contributed by atoms with E-state index in [1.807, 2.05) is 11.8 Å². The number of rotatable bonds is 6. The van der Waals surface area contributed by atoms with E-state index < -0.39 is 17.8 Å². The average Bonchev–Trinajstić information content (AvgIpc) is 3.05. The maximum Gasteiger partial charge on any atom is 0.333 e. The summed E-state index contributed by atoms with van der Waals surface area (Å²) in [5.74, 6) is -0.627. The highest BCUT2D eigenvalue weighted by atomic mass is 32.2.